The van der Waals surface area contributed by atoms with Crippen LogP contribution in [0.25, 0.3) is 0 Å². The van der Waals surface area contributed by atoms with E-state index in [1.807, 2.05) is 0 Å². The van der Waals surface area contributed by atoms with Gasteiger partial charge in [0.2, 0.25) is 0 Å². The highest BCUT2D eigenvalue weighted by atomic mass is 31.2. The van der Waals surface area contributed by atoms with Gasteiger partial charge in [-0.05, 0) is 128 Å². The molecule has 0 rings (SSSR count). The van der Waals surface area contributed by atoms with E-state index >= 15 is 0 Å². The molecule has 0 bridgehead atoms. The predicted molar refractivity (Wildman–Crippen MR) is 371 cm³/mol. The number of hydrogen-bond acceptors (Lipinski definition) is 14. The number of carbonyl (C=O) groups excluding carboxylic acids is 3. The Morgan fingerprint density at radius 2 is 0.593 bits per heavy atom. The smallest absolute Gasteiger partial charge is 0.463 e. The number of carbonyl (C=O) groups is 3. The van der Waals surface area contributed by atoms with Crippen LogP contribution in [0, 0.1) is 0 Å². The molecule has 16 nitrogen and oxygen atoms in total. The normalized spacial score (nSPS) is 14.9. The van der Waals surface area contributed by atoms with Gasteiger partial charge in [0.25, 0.3) is 0 Å². The van der Waals surface area contributed by atoms with Gasteiger partial charge in [-0.25, -0.2) is 9.13 Å². The van der Waals surface area contributed by atoms with Gasteiger partial charge in [-0.3, -0.25) is 32.5 Å². The molecule has 0 fully saturated rings. The molecule has 0 heterocycles. The quantitative estimate of drug-likeness (QED) is 0.0146. The summed E-state index contributed by atoms with van der Waals surface area (Å²) < 4.78 is 60.8. The summed E-state index contributed by atoms with van der Waals surface area (Å²) >= 11 is 0. The van der Waals surface area contributed by atoms with E-state index in [-0.39, 0.29) is 19.3 Å². The van der Waals surface area contributed by atoms with Gasteiger partial charge in [0.15, 0.2) is 6.10 Å². The SMILES string of the molecule is CC/C=C\C/C=C\C/C=C\C/C=C\C/C=C\CCCCCCCC(=O)OCC(COP(=O)(O)OCC(O)COP(=O)(O)OCC(O)COC(=O)CCCCCCCCC/C=C\C/C=C\C/C=C\C/C=C\CCCCC)OC(=O)CCCCCCC/C=C\CCCC. The minimum absolute atomic E-state index is 0.0862. The van der Waals surface area contributed by atoms with E-state index in [2.05, 4.69) is 142 Å². The van der Waals surface area contributed by atoms with Crippen molar-refractivity contribution in [3.63, 3.8) is 0 Å². The van der Waals surface area contributed by atoms with Crippen molar-refractivity contribution in [1.82, 2.24) is 0 Å². The first-order valence-electron chi connectivity index (χ1n) is 34.8. The third kappa shape index (κ3) is 67.2. The highest BCUT2D eigenvalue weighted by Gasteiger charge is 2.29. The van der Waals surface area contributed by atoms with Gasteiger partial charge in [0.05, 0.1) is 26.4 Å². The zero-order chi connectivity index (χ0) is 66.7. The van der Waals surface area contributed by atoms with Crippen LogP contribution in [-0.4, -0.2) is 95.9 Å². The van der Waals surface area contributed by atoms with Gasteiger partial charge < -0.3 is 34.2 Å². The fourth-order valence-corrected chi connectivity index (χ4v) is 10.4. The van der Waals surface area contributed by atoms with Crippen molar-refractivity contribution in [2.45, 2.75) is 283 Å². The molecule has 0 spiro atoms. The van der Waals surface area contributed by atoms with Crippen molar-refractivity contribution >= 4 is 33.6 Å². The summed E-state index contributed by atoms with van der Waals surface area (Å²) in [5.41, 5.74) is 0. The van der Waals surface area contributed by atoms with Gasteiger partial charge in [0, 0.05) is 19.3 Å². The molecule has 18 heteroatoms. The number of phosphoric ester groups is 2. The van der Waals surface area contributed by atoms with Crippen molar-refractivity contribution in [2.24, 2.45) is 0 Å². The molecule has 5 unspecified atom stereocenters. The fourth-order valence-electron chi connectivity index (χ4n) is 8.80. The fraction of sp³-hybridized carbons (Fsp3) is 0.685. The third-order valence-corrected chi connectivity index (χ3v) is 16.0. The second-order valence-corrected chi connectivity index (χ2v) is 25.8. The molecule has 0 saturated heterocycles. The molecule has 0 aromatic rings. The van der Waals surface area contributed by atoms with Crippen LogP contribution in [0.1, 0.15) is 265 Å². The Morgan fingerprint density at radius 1 is 0.319 bits per heavy atom. The van der Waals surface area contributed by atoms with Crippen molar-refractivity contribution < 1.29 is 75.8 Å². The van der Waals surface area contributed by atoms with Gasteiger partial charge in [0.1, 0.15) is 25.4 Å². The number of hydrogen-bond donors (Lipinski definition) is 4. The lowest BCUT2D eigenvalue weighted by Gasteiger charge is -2.21. The van der Waals surface area contributed by atoms with Crippen LogP contribution in [0.3, 0.4) is 0 Å². The highest BCUT2D eigenvalue weighted by molar-refractivity contribution is 7.47. The molecule has 91 heavy (non-hydrogen) atoms. The van der Waals surface area contributed by atoms with Crippen molar-refractivity contribution in [3.05, 3.63) is 122 Å². The maximum absolute atomic E-state index is 12.9. The average Bonchev–Trinajstić information content (AvgIpc) is 3.66. The van der Waals surface area contributed by atoms with Crippen molar-refractivity contribution in [3.8, 4) is 0 Å². The Balaban J connectivity index is 4.59. The summed E-state index contributed by atoms with van der Waals surface area (Å²) in [6.07, 6.45) is 75.4. The van der Waals surface area contributed by atoms with E-state index in [0.717, 1.165) is 167 Å². The molecule has 0 saturated carbocycles. The Hall–Kier alpha value is -4.05. The zero-order valence-electron chi connectivity index (χ0n) is 56.5. The molecular formula is C73H124O16P2. The lowest BCUT2D eigenvalue weighted by Crippen LogP contribution is -2.30. The number of unbranched alkanes of at least 4 members (excludes halogenated alkanes) is 22. The minimum atomic E-state index is -4.93. The van der Waals surface area contributed by atoms with E-state index in [4.69, 9.17) is 32.3 Å². The van der Waals surface area contributed by atoms with Crippen LogP contribution in [0.4, 0.5) is 0 Å². The molecule has 0 aliphatic rings. The molecular weight excluding hydrogens is 1190 g/mol. The number of aliphatic hydroxyl groups is 2. The monoisotopic (exact) mass is 1320 g/mol. The molecule has 0 amide bonds. The highest BCUT2D eigenvalue weighted by Crippen LogP contribution is 2.45. The average molecular weight is 1320 g/mol. The molecule has 0 aliphatic carbocycles. The molecule has 0 aromatic heterocycles. The van der Waals surface area contributed by atoms with E-state index in [1.165, 1.54) is 38.5 Å². The van der Waals surface area contributed by atoms with Crippen molar-refractivity contribution in [2.75, 3.05) is 39.6 Å². The lowest BCUT2D eigenvalue weighted by atomic mass is 10.1. The summed E-state index contributed by atoms with van der Waals surface area (Å²) in [6, 6.07) is 0. The number of aliphatic hydroxyl groups excluding tert-OH is 2. The topological polar surface area (TPSA) is 231 Å². The second-order valence-electron chi connectivity index (χ2n) is 22.9. The van der Waals surface area contributed by atoms with E-state index in [1.54, 1.807) is 0 Å². The van der Waals surface area contributed by atoms with E-state index in [9.17, 15) is 43.5 Å². The Bertz CT molecular complexity index is 2140. The first-order chi connectivity index (χ1) is 44.2. The van der Waals surface area contributed by atoms with Crippen LogP contribution in [0.15, 0.2) is 122 Å². The van der Waals surface area contributed by atoms with Crippen LogP contribution < -0.4 is 0 Å². The summed E-state index contributed by atoms with van der Waals surface area (Å²) in [4.78, 5) is 58.3. The first-order valence-corrected chi connectivity index (χ1v) is 37.8. The number of phosphoric acid groups is 2. The first kappa shape index (κ1) is 87.0. The standard InChI is InChI=1S/C73H124O16P2/c1-4-7-10-13-16-19-22-24-26-28-30-32-33-35-37-38-40-42-45-47-50-53-56-59-71(76)83-62-68(74)63-85-90(79,80)86-64-69(75)65-87-91(81,82)88-67-70(89-73(78)61-58-55-52-49-44-21-18-15-12-9-6-3)66-84-72(77)60-57-54-51-48-46-43-41-39-36-34-31-29-27-25-23-20-17-14-11-8-5-2/h8,11,15-20,24-27,30-32,34-35,37,39,41,68-70,74-75H,4-7,9-10,12-14,21-23,28-29,33,36,38,40,42-67H2,1-3H3,(H,79,80)(H,81,82)/b11-8-,18-15-,19-16-,20-17-,26-24-,27-25-,32-30-,34-31-,37-35-,41-39-. The molecule has 0 radical (unpaired) electrons. The number of esters is 3. The molecule has 0 aromatic carbocycles. The lowest BCUT2D eigenvalue weighted by molar-refractivity contribution is -0.161. The third-order valence-electron chi connectivity index (χ3n) is 14.1. The summed E-state index contributed by atoms with van der Waals surface area (Å²) in [5, 5.41) is 20.5. The van der Waals surface area contributed by atoms with E-state index < -0.39 is 91.5 Å². The van der Waals surface area contributed by atoms with Crippen molar-refractivity contribution in [1.29, 1.82) is 0 Å². The van der Waals surface area contributed by atoms with Crippen LogP contribution in [0.2, 0.25) is 0 Å². The Morgan fingerprint density at radius 3 is 0.967 bits per heavy atom. The van der Waals surface area contributed by atoms with Gasteiger partial charge in [-0.1, -0.05) is 239 Å². The van der Waals surface area contributed by atoms with Crippen LogP contribution in [-0.2, 0) is 55.8 Å². The largest absolute Gasteiger partial charge is 0.472 e. The Labute approximate surface area is 551 Å². The van der Waals surface area contributed by atoms with E-state index in [0.29, 0.717) is 19.3 Å². The minimum Gasteiger partial charge on any atom is -0.463 e. The summed E-state index contributed by atoms with van der Waals surface area (Å²) in [5.74, 6) is -1.62. The number of rotatable bonds is 65. The molecule has 5 atom stereocenters. The molecule has 522 valence electrons. The second kappa shape index (κ2) is 66.0. The maximum Gasteiger partial charge on any atom is 0.472 e. The predicted octanol–water partition coefficient (Wildman–Crippen LogP) is 19.4. The summed E-state index contributed by atoms with van der Waals surface area (Å²) in [6.45, 7) is 2.43. The number of allylic oxidation sites excluding steroid dienone is 20. The summed E-state index contributed by atoms with van der Waals surface area (Å²) in [7, 11) is -9.79. The zero-order valence-corrected chi connectivity index (χ0v) is 58.3. The van der Waals surface area contributed by atoms with Gasteiger partial charge >= 0.3 is 33.6 Å². The maximum atomic E-state index is 12.9. The molecule has 4 N–H and O–H groups in total. The molecule has 0 aliphatic heterocycles. The van der Waals surface area contributed by atoms with Gasteiger partial charge in [-0.2, -0.15) is 0 Å². The van der Waals surface area contributed by atoms with Crippen LogP contribution >= 0.6 is 15.6 Å². The number of ether oxygens (including phenoxy) is 3. The van der Waals surface area contributed by atoms with Crippen LogP contribution in [0.5, 0.6) is 0 Å². The Kier molecular flexibility index (Phi) is 63.1. The van der Waals surface area contributed by atoms with Gasteiger partial charge in [-0.15, -0.1) is 0 Å².